The smallest absolute Gasteiger partial charge is 0.255 e. The first kappa shape index (κ1) is 24.5. The number of ether oxygens (including phenoxy) is 1. The highest BCUT2D eigenvalue weighted by Crippen LogP contribution is 2.46. The van der Waals surface area contributed by atoms with Gasteiger partial charge in [-0.2, -0.15) is 0 Å². The number of Topliss-reactive ketones (excluding diaryl/α,β-unsaturated/α-hetero) is 1. The minimum atomic E-state index is -0.452. The Morgan fingerprint density at radius 2 is 1.73 bits per heavy atom. The molecule has 0 saturated carbocycles. The molecule has 37 heavy (non-hydrogen) atoms. The summed E-state index contributed by atoms with van der Waals surface area (Å²) >= 11 is 0. The second-order valence-electron chi connectivity index (χ2n) is 9.77. The molecule has 0 radical (unpaired) electrons. The Morgan fingerprint density at radius 3 is 2.43 bits per heavy atom. The van der Waals surface area contributed by atoms with E-state index in [2.05, 4.69) is 15.6 Å². The van der Waals surface area contributed by atoms with Crippen molar-refractivity contribution in [1.82, 2.24) is 10.3 Å². The molecule has 0 spiro atoms. The number of aryl methyl sites for hydroxylation is 2. The molecule has 0 fully saturated rings. The zero-order valence-corrected chi connectivity index (χ0v) is 21.6. The van der Waals surface area contributed by atoms with Crippen LogP contribution in [0, 0.1) is 13.8 Å². The van der Waals surface area contributed by atoms with Crippen molar-refractivity contribution in [2.75, 3.05) is 12.4 Å². The Bertz CT molecular complexity index is 1440. The molecule has 2 aliphatic rings. The SMILES string of the molecule is COc1ccc(C2CC(=O)C3=C(C2)NC(C)=C(C(=O)Nc2cccc(C)n2)C3c2ccccc2C)cc1. The lowest BCUT2D eigenvalue weighted by molar-refractivity contribution is -0.116. The summed E-state index contributed by atoms with van der Waals surface area (Å²) in [4.78, 5) is 32.0. The average molecular weight is 494 g/mol. The van der Waals surface area contributed by atoms with Gasteiger partial charge in [0.25, 0.3) is 5.91 Å². The van der Waals surface area contributed by atoms with Gasteiger partial charge in [0.1, 0.15) is 11.6 Å². The number of nitrogens with zero attached hydrogens (tertiary/aromatic N) is 1. The summed E-state index contributed by atoms with van der Waals surface area (Å²) in [6, 6.07) is 21.4. The minimum absolute atomic E-state index is 0.0573. The molecular formula is C31H31N3O3. The summed E-state index contributed by atoms with van der Waals surface area (Å²) in [6.45, 7) is 5.82. The summed E-state index contributed by atoms with van der Waals surface area (Å²) in [5, 5.41) is 6.42. The van der Waals surface area contributed by atoms with Crippen molar-refractivity contribution in [3.05, 3.63) is 112 Å². The van der Waals surface area contributed by atoms with Crippen LogP contribution in [0.4, 0.5) is 5.82 Å². The summed E-state index contributed by atoms with van der Waals surface area (Å²) in [6.07, 6.45) is 1.09. The second-order valence-corrected chi connectivity index (χ2v) is 9.77. The van der Waals surface area contributed by atoms with E-state index in [0.717, 1.165) is 39.5 Å². The van der Waals surface area contributed by atoms with E-state index in [0.29, 0.717) is 29.8 Å². The maximum Gasteiger partial charge on any atom is 0.255 e. The number of benzene rings is 2. The molecule has 2 N–H and O–H groups in total. The fourth-order valence-corrected chi connectivity index (χ4v) is 5.47. The molecular weight excluding hydrogens is 462 g/mol. The fraction of sp³-hybridized carbons (Fsp3) is 0.258. The Hall–Kier alpha value is -4.19. The number of nitrogens with one attached hydrogen (secondary N) is 2. The zero-order valence-electron chi connectivity index (χ0n) is 21.6. The summed E-state index contributed by atoms with van der Waals surface area (Å²) < 4.78 is 5.30. The number of methoxy groups -OCH3 is 1. The quantitative estimate of drug-likeness (QED) is 0.476. The van der Waals surface area contributed by atoms with E-state index < -0.39 is 5.92 Å². The second kappa shape index (κ2) is 10.1. The Morgan fingerprint density at radius 1 is 0.973 bits per heavy atom. The van der Waals surface area contributed by atoms with Crippen LogP contribution < -0.4 is 15.4 Å². The predicted octanol–water partition coefficient (Wildman–Crippen LogP) is 5.71. The van der Waals surface area contributed by atoms with Crippen LogP contribution in [0.2, 0.25) is 0 Å². The van der Waals surface area contributed by atoms with Crippen LogP contribution in [0.3, 0.4) is 0 Å². The lowest BCUT2D eigenvalue weighted by Crippen LogP contribution is -2.37. The number of anilines is 1. The van der Waals surface area contributed by atoms with Crippen LogP contribution in [0.5, 0.6) is 5.75 Å². The molecule has 1 aliphatic carbocycles. The summed E-state index contributed by atoms with van der Waals surface area (Å²) in [7, 11) is 1.64. The molecule has 188 valence electrons. The van der Waals surface area contributed by atoms with Crippen molar-refractivity contribution in [3.8, 4) is 5.75 Å². The normalized spacial score (nSPS) is 19.3. The topological polar surface area (TPSA) is 80.3 Å². The highest BCUT2D eigenvalue weighted by atomic mass is 16.5. The number of ketones is 1. The lowest BCUT2D eigenvalue weighted by Gasteiger charge is -2.37. The number of aromatic nitrogens is 1. The molecule has 2 unspecified atom stereocenters. The monoisotopic (exact) mass is 493 g/mol. The molecule has 0 bridgehead atoms. The largest absolute Gasteiger partial charge is 0.497 e. The van der Waals surface area contributed by atoms with Gasteiger partial charge in [-0.15, -0.1) is 0 Å². The number of pyridine rings is 1. The van der Waals surface area contributed by atoms with Crippen molar-refractivity contribution >= 4 is 17.5 Å². The first-order chi connectivity index (χ1) is 17.9. The maximum atomic E-state index is 13.8. The number of rotatable bonds is 5. The van der Waals surface area contributed by atoms with Crippen LogP contribution in [-0.4, -0.2) is 23.8 Å². The van der Waals surface area contributed by atoms with E-state index in [1.807, 2.05) is 81.4 Å². The van der Waals surface area contributed by atoms with Gasteiger partial charge in [-0.05, 0) is 74.1 Å². The molecule has 6 heteroatoms. The van der Waals surface area contributed by atoms with E-state index in [4.69, 9.17) is 4.74 Å². The van der Waals surface area contributed by atoms with E-state index in [1.165, 1.54) is 0 Å². The first-order valence-corrected chi connectivity index (χ1v) is 12.5. The van der Waals surface area contributed by atoms with Crippen molar-refractivity contribution < 1.29 is 14.3 Å². The van der Waals surface area contributed by atoms with Crippen molar-refractivity contribution in [2.45, 2.75) is 45.4 Å². The number of carbonyl (C=O) groups is 2. The van der Waals surface area contributed by atoms with E-state index in [1.54, 1.807) is 13.2 Å². The van der Waals surface area contributed by atoms with Gasteiger partial charge in [-0.25, -0.2) is 4.98 Å². The van der Waals surface area contributed by atoms with Crippen LogP contribution in [0.15, 0.2) is 89.3 Å². The molecule has 2 atom stereocenters. The highest BCUT2D eigenvalue weighted by Gasteiger charge is 2.41. The van der Waals surface area contributed by atoms with Crippen LogP contribution in [0.25, 0.3) is 0 Å². The molecule has 1 aliphatic heterocycles. The maximum absolute atomic E-state index is 13.8. The molecule has 5 rings (SSSR count). The van der Waals surface area contributed by atoms with Gasteiger partial charge in [-0.3, -0.25) is 9.59 Å². The first-order valence-electron chi connectivity index (χ1n) is 12.5. The van der Waals surface area contributed by atoms with Crippen LogP contribution in [0.1, 0.15) is 54.0 Å². The number of hydrogen-bond donors (Lipinski definition) is 2. The molecule has 3 aromatic rings. The Kier molecular flexibility index (Phi) is 6.66. The third-order valence-electron chi connectivity index (χ3n) is 7.29. The van der Waals surface area contributed by atoms with Gasteiger partial charge >= 0.3 is 0 Å². The predicted molar refractivity (Wildman–Crippen MR) is 144 cm³/mol. The third-order valence-corrected chi connectivity index (χ3v) is 7.29. The molecule has 1 amide bonds. The minimum Gasteiger partial charge on any atom is -0.497 e. The van der Waals surface area contributed by atoms with Gasteiger partial charge in [-0.1, -0.05) is 42.5 Å². The van der Waals surface area contributed by atoms with E-state index in [9.17, 15) is 9.59 Å². The third kappa shape index (κ3) is 4.79. The molecule has 1 aromatic heterocycles. The summed E-state index contributed by atoms with van der Waals surface area (Å²) in [5.74, 6) is 0.692. The number of dihydropyridines is 1. The molecule has 0 saturated heterocycles. The Balaban J connectivity index is 1.55. The summed E-state index contributed by atoms with van der Waals surface area (Å²) in [5.41, 5.74) is 6.81. The number of carbonyl (C=O) groups excluding carboxylic acids is 2. The molecule has 2 heterocycles. The lowest BCUT2D eigenvalue weighted by atomic mass is 9.71. The number of amides is 1. The van der Waals surface area contributed by atoms with Gasteiger partial charge < -0.3 is 15.4 Å². The van der Waals surface area contributed by atoms with Gasteiger partial charge in [0.2, 0.25) is 0 Å². The van der Waals surface area contributed by atoms with Crippen LogP contribution in [-0.2, 0) is 9.59 Å². The molecule has 2 aromatic carbocycles. The van der Waals surface area contributed by atoms with Crippen LogP contribution >= 0.6 is 0 Å². The number of hydrogen-bond acceptors (Lipinski definition) is 5. The average Bonchev–Trinajstić information content (AvgIpc) is 2.88. The van der Waals surface area contributed by atoms with E-state index in [-0.39, 0.29) is 17.6 Å². The number of allylic oxidation sites excluding steroid dienone is 3. The van der Waals surface area contributed by atoms with Gasteiger partial charge in [0.05, 0.1) is 7.11 Å². The fourth-order valence-electron chi connectivity index (χ4n) is 5.47. The molecule has 6 nitrogen and oxygen atoms in total. The Labute approximate surface area is 217 Å². The standard InChI is InChI=1S/C31H31N3O3/c1-18-8-5-6-10-24(18)29-28(31(36)34-27-11-7-9-19(2)32-27)20(3)33-25-16-22(17-26(35)30(25)29)21-12-14-23(37-4)15-13-21/h5-15,22,29,33H,16-17H2,1-4H3,(H,32,34,36). The van der Waals surface area contributed by atoms with Crippen molar-refractivity contribution in [1.29, 1.82) is 0 Å². The van der Waals surface area contributed by atoms with Gasteiger partial charge in [0, 0.05) is 40.6 Å². The zero-order chi connectivity index (χ0) is 26.1. The van der Waals surface area contributed by atoms with Crippen molar-refractivity contribution in [3.63, 3.8) is 0 Å². The van der Waals surface area contributed by atoms with E-state index >= 15 is 0 Å². The van der Waals surface area contributed by atoms with Gasteiger partial charge in [0.15, 0.2) is 5.78 Å². The highest BCUT2D eigenvalue weighted by molar-refractivity contribution is 6.09. The van der Waals surface area contributed by atoms with Crippen molar-refractivity contribution in [2.24, 2.45) is 0 Å².